The normalized spacial score (nSPS) is 14.8. The predicted molar refractivity (Wildman–Crippen MR) is 91.2 cm³/mol. The van der Waals surface area contributed by atoms with Crippen molar-refractivity contribution in [3.8, 4) is 6.07 Å². The zero-order chi connectivity index (χ0) is 19.6. The summed E-state index contributed by atoms with van der Waals surface area (Å²) in [6, 6.07) is 6.59. The smallest absolute Gasteiger partial charge is 0.304 e. The molecule has 0 N–H and O–H groups in total. The number of allylic oxidation sites excluding steroid dienone is 1. The van der Waals surface area contributed by atoms with E-state index in [1.54, 1.807) is 28.2 Å². The molecule has 1 aromatic heterocycles. The number of carbonyl (C=O) groups is 1. The Kier molecular flexibility index (Phi) is 5.04. The third-order valence-electron chi connectivity index (χ3n) is 4.59. The molecule has 0 aliphatic carbocycles. The second-order valence-electron chi connectivity index (χ2n) is 6.42. The Bertz CT molecular complexity index is 910. The Hall–Kier alpha value is -3.08. The molecular formula is C19H18F3N4O+. The Morgan fingerprint density at radius 2 is 1.81 bits per heavy atom. The number of carbonyl (C=O) groups excluding carboxylic acids is 1. The molecule has 140 valence electrons. The largest absolute Gasteiger partial charge is 0.416 e. The first-order chi connectivity index (χ1) is 12.8. The number of nitriles is 1. The monoisotopic (exact) mass is 375 g/mol. The van der Waals surface area contributed by atoms with Crippen molar-refractivity contribution in [3.63, 3.8) is 0 Å². The predicted octanol–water partition coefficient (Wildman–Crippen LogP) is 3.37. The molecule has 0 radical (unpaired) electrons. The van der Waals surface area contributed by atoms with Crippen molar-refractivity contribution in [2.75, 3.05) is 13.1 Å². The van der Waals surface area contributed by atoms with E-state index >= 15 is 0 Å². The van der Waals surface area contributed by atoms with Gasteiger partial charge in [0.1, 0.15) is 12.4 Å². The molecule has 1 fully saturated rings. The van der Waals surface area contributed by atoms with Crippen LogP contribution in [0.15, 0.2) is 48.6 Å². The molecule has 0 bridgehead atoms. The number of aryl methyl sites for hydroxylation is 1. The summed E-state index contributed by atoms with van der Waals surface area (Å²) in [5, 5.41) is 9.50. The highest BCUT2D eigenvalue weighted by molar-refractivity contribution is 5.80. The van der Waals surface area contributed by atoms with Crippen molar-refractivity contribution in [2.24, 2.45) is 7.05 Å². The van der Waals surface area contributed by atoms with Gasteiger partial charge in [-0.2, -0.15) is 23.0 Å². The molecule has 1 aliphatic rings. The number of likely N-dealkylation sites (tertiary alicyclic amines) is 1. The highest BCUT2D eigenvalue weighted by Crippen LogP contribution is 2.32. The molecule has 1 aliphatic heterocycles. The number of rotatable bonds is 1. The van der Waals surface area contributed by atoms with Crippen LogP contribution in [-0.4, -0.2) is 28.6 Å². The third kappa shape index (κ3) is 4.03. The van der Waals surface area contributed by atoms with E-state index in [9.17, 15) is 23.2 Å². The van der Waals surface area contributed by atoms with Gasteiger partial charge in [-0.1, -0.05) is 12.1 Å². The van der Waals surface area contributed by atoms with E-state index in [0.717, 1.165) is 17.7 Å². The van der Waals surface area contributed by atoms with Crippen LogP contribution < -0.4 is 4.57 Å². The number of amides is 1. The molecule has 0 unspecified atom stereocenters. The van der Waals surface area contributed by atoms with Crippen molar-refractivity contribution in [2.45, 2.75) is 19.0 Å². The SMILES string of the molecule is C[n+]1ccn(C(=O)N2CCC(=C(C#N)c3ccc(C(F)(F)F)cc3)CC2)c1. The van der Waals surface area contributed by atoms with Crippen LogP contribution >= 0.6 is 0 Å². The molecule has 1 saturated heterocycles. The third-order valence-corrected chi connectivity index (χ3v) is 4.59. The summed E-state index contributed by atoms with van der Waals surface area (Å²) in [6.07, 6.45) is 1.75. The lowest BCUT2D eigenvalue weighted by molar-refractivity contribution is -0.670. The maximum Gasteiger partial charge on any atom is 0.416 e. The number of aromatic nitrogens is 2. The van der Waals surface area contributed by atoms with E-state index in [-0.39, 0.29) is 6.03 Å². The van der Waals surface area contributed by atoms with Gasteiger partial charge >= 0.3 is 12.2 Å². The molecule has 8 heteroatoms. The Balaban J connectivity index is 1.75. The van der Waals surface area contributed by atoms with Crippen LogP contribution in [0.1, 0.15) is 24.0 Å². The first-order valence-corrected chi connectivity index (χ1v) is 8.42. The maximum absolute atomic E-state index is 12.7. The lowest BCUT2D eigenvalue weighted by Gasteiger charge is -2.27. The number of hydrogen-bond acceptors (Lipinski definition) is 2. The van der Waals surface area contributed by atoms with Gasteiger partial charge in [0.15, 0.2) is 0 Å². The number of piperidine rings is 1. The lowest BCUT2D eigenvalue weighted by atomic mass is 9.93. The molecule has 2 heterocycles. The van der Waals surface area contributed by atoms with Crippen LogP contribution in [0.3, 0.4) is 0 Å². The van der Waals surface area contributed by atoms with E-state index in [1.165, 1.54) is 16.7 Å². The quantitative estimate of drug-likeness (QED) is 0.567. The summed E-state index contributed by atoms with van der Waals surface area (Å²) in [5.41, 5.74) is 0.981. The first-order valence-electron chi connectivity index (χ1n) is 8.42. The van der Waals surface area contributed by atoms with Crippen LogP contribution in [0.2, 0.25) is 0 Å². The number of imidazole rings is 1. The van der Waals surface area contributed by atoms with Crippen molar-refractivity contribution in [1.29, 1.82) is 5.26 Å². The molecule has 0 atom stereocenters. The van der Waals surface area contributed by atoms with Crippen molar-refractivity contribution >= 4 is 11.6 Å². The van der Waals surface area contributed by atoms with Gasteiger partial charge in [0.05, 0.1) is 24.3 Å². The molecule has 2 aromatic rings. The summed E-state index contributed by atoms with van der Waals surface area (Å²) in [4.78, 5) is 14.1. The summed E-state index contributed by atoms with van der Waals surface area (Å²) in [7, 11) is 1.82. The molecular weight excluding hydrogens is 357 g/mol. The number of nitrogens with zero attached hydrogens (tertiary/aromatic N) is 4. The minimum absolute atomic E-state index is 0.136. The van der Waals surface area contributed by atoms with Gasteiger partial charge in [0.2, 0.25) is 0 Å². The van der Waals surface area contributed by atoms with Crippen molar-refractivity contribution in [1.82, 2.24) is 9.47 Å². The Morgan fingerprint density at radius 1 is 1.19 bits per heavy atom. The highest BCUT2D eigenvalue weighted by Gasteiger charge is 2.30. The summed E-state index contributed by atoms with van der Waals surface area (Å²) in [5.74, 6) is 0. The molecule has 0 saturated carbocycles. The van der Waals surface area contributed by atoms with Crippen LogP contribution in [0, 0.1) is 11.3 Å². The van der Waals surface area contributed by atoms with E-state index < -0.39 is 11.7 Å². The van der Waals surface area contributed by atoms with Gasteiger partial charge in [-0.15, -0.1) is 0 Å². The summed E-state index contributed by atoms with van der Waals surface area (Å²) in [6.45, 7) is 0.920. The number of alkyl halides is 3. The van der Waals surface area contributed by atoms with E-state index in [4.69, 9.17) is 0 Å². The molecule has 1 aromatic carbocycles. The molecule has 5 nitrogen and oxygen atoms in total. The van der Waals surface area contributed by atoms with Crippen LogP contribution in [0.4, 0.5) is 18.0 Å². The van der Waals surface area contributed by atoms with E-state index in [1.807, 2.05) is 7.05 Å². The van der Waals surface area contributed by atoms with Crippen molar-refractivity contribution < 1.29 is 22.5 Å². The van der Waals surface area contributed by atoms with Crippen LogP contribution in [-0.2, 0) is 13.2 Å². The summed E-state index contributed by atoms with van der Waals surface area (Å²) < 4.78 is 41.4. The zero-order valence-corrected chi connectivity index (χ0v) is 14.7. The molecule has 27 heavy (non-hydrogen) atoms. The van der Waals surface area contributed by atoms with E-state index in [0.29, 0.717) is 37.1 Å². The van der Waals surface area contributed by atoms with Gasteiger partial charge < -0.3 is 4.90 Å². The van der Waals surface area contributed by atoms with Crippen molar-refractivity contribution in [3.05, 3.63) is 59.7 Å². The number of benzene rings is 1. The second-order valence-corrected chi connectivity index (χ2v) is 6.42. The van der Waals surface area contributed by atoms with E-state index in [2.05, 4.69) is 6.07 Å². The topological polar surface area (TPSA) is 52.9 Å². The first kappa shape index (κ1) is 18.7. The van der Waals surface area contributed by atoms with Gasteiger partial charge in [0.25, 0.3) is 6.33 Å². The van der Waals surface area contributed by atoms with Crippen LogP contribution in [0.5, 0.6) is 0 Å². The Labute approximate surface area is 154 Å². The minimum atomic E-state index is -4.40. The fourth-order valence-corrected chi connectivity index (χ4v) is 3.12. The van der Waals surface area contributed by atoms with Gasteiger partial charge in [-0.3, -0.25) is 0 Å². The maximum atomic E-state index is 12.7. The van der Waals surface area contributed by atoms with Gasteiger partial charge in [-0.25, -0.2) is 9.36 Å². The van der Waals surface area contributed by atoms with Gasteiger partial charge in [0, 0.05) is 13.1 Å². The zero-order valence-electron chi connectivity index (χ0n) is 14.7. The van der Waals surface area contributed by atoms with Crippen LogP contribution in [0.25, 0.3) is 5.57 Å². The second kappa shape index (κ2) is 7.27. The Morgan fingerprint density at radius 3 is 2.30 bits per heavy atom. The number of halogens is 3. The average Bonchev–Trinajstić information content (AvgIpc) is 3.08. The minimum Gasteiger partial charge on any atom is -0.304 e. The molecule has 0 spiro atoms. The fourth-order valence-electron chi connectivity index (χ4n) is 3.12. The average molecular weight is 375 g/mol. The fraction of sp³-hybridized carbons (Fsp3) is 0.316. The summed E-state index contributed by atoms with van der Waals surface area (Å²) >= 11 is 0. The van der Waals surface area contributed by atoms with Gasteiger partial charge in [-0.05, 0) is 36.1 Å². The highest BCUT2D eigenvalue weighted by atomic mass is 19.4. The molecule has 1 amide bonds. The molecule has 3 rings (SSSR count). The standard InChI is InChI=1S/C19H18F3N4O/c1-24-10-11-26(13-24)18(27)25-8-6-15(7-9-25)17(12-23)14-2-4-16(5-3-14)19(20,21)22/h2-5,10-11,13H,6-9H2,1H3/q+1. The number of hydrogen-bond donors (Lipinski definition) is 0. The lowest BCUT2D eigenvalue weighted by Crippen LogP contribution is -2.39.